The molecule has 0 saturated carbocycles. The van der Waals surface area contributed by atoms with Gasteiger partial charge in [0.2, 0.25) is 23.8 Å². The van der Waals surface area contributed by atoms with E-state index in [1.165, 1.54) is 0 Å². The first-order chi connectivity index (χ1) is 17.5. The van der Waals surface area contributed by atoms with Crippen LogP contribution in [-0.4, -0.2) is 53.6 Å². The SMILES string of the molecule is Cc1ccc(C(N)=O)cc1Nc1nc(N[C@H]2CCN(c3ccccc3N)C2)nc(N(C)CC(C)(C)C)n1. The van der Waals surface area contributed by atoms with Gasteiger partial charge < -0.3 is 31.9 Å². The molecular weight excluding hydrogens is 466 g/mol. The highest BCUT2D eigenvalue weighted by Gasteiger charge is 2.25. The van der Waals surface area contributed by atoms with Crippen LogP contribution in [0.4, 0.5) is 34.9 Å². The molecule has 2 heterocycles. The predicted octanol–water partition coefficient (Wildman–Crippen LogP) is 3.78. The number of amides is 1. The van der Waals surface area contributed by atoms with Gasteiger partial charge in [0.05, 0.1) is 11.4 Å². The van der Waals surface area contributed by atoms with Crippen molar-refractivity contribution in [3.05, 3.63) is 53.6 Å². The molecular formula is C27H37N9O. The molecule has 6 N–H and O–H groups in total. The zero-order valence-electron chi connectivity index (χ0n) is 22.2. The number of rotatable bonds is 8. The van der Waals surface area contributed by atoms with Gasteiger partial charge in [-0.3, -0.25) is 4.79 Å². The zero-order chi connectivity index (χ0) is 26.7. The van der Waals surface area contributed by atoms with Crippen LogP contribution in [0.15, 0.2) is 42.5 Å². The van der Waals surface area contributed by atoms with Crippen molar-refractivity contribution in [3.63, 3.8) is 0 Å². The quantitative estimate of drug-likeness (QED) is 0.338. The Morgan fingerprint density at radius 1 is 1.14 bits per heavy atom. The molecule has 1 atom stereocenters. The Labute approximate surface area is 218 Å². The van der Waals surface area contributed by atoms with Gasteiger partial charge in [0, 0.05) is 44.0 Å². The number of nitrogens with one attached hydrogen (secondary N) is 2. The third-order valence-corrected chi connectivity index (χ3v) is 6.24. The van der Waals surface area contributed by atoms with Gasteiger partial charge in [0.15, 0.2) is 0 Å². The normalized spacial score (nSPS) is 15.5. The maximum Gasteiger partial charge on any atom is 0.248 e. The number of para-hydroxylation sites is 2. The number of hydrogen-bond donors (Lipinski definition) is 4. The topological polar surface area (TPSA) is 138 Å². The third-order valence-electron chi connectivity index (χ3n) is 6.24. The van der Waals surface area contributed by atoms with E-state index in [0.29, 0.717) is 29.1 Å². The molecule has 10 heteroatoms. The van der Waals surface area contributed by atoms with Gasteiger partial charge in [0.1, 0.15) is 0 Å². The lowest BCUT2D eigenvalue weighted by Crippen LogP contribution is -2.31. The molecule has 1 fully saturated rings. The molecule has 0 aliphatic carbocycles. The number of nitrogens with zero attached hydrogens (tertiary/aromatic N) is 5. The second-order valence-corrected chi connectivity index (χ2v) is 10.9. The smallest absolute Gasteiger partial charge is 0.248 e. The van der Waals surface area contributed by atoms with Crippen molar-refractivity contribution in [3.8, 4) is 0 Å². The van der Waals surface area contributed by atoms with Gasteiger partial charge >= 0.3 is 0 Å². The molecule has 0 bridgehead atoms. The van der Waals surface area contributed by atoms with E-state index in [0.717, 1.165) is 43.0 Å². The Morgan fingerprint density at radius 3 is 2.57 bits per heavy atom. The van der Waals surface area contributed by atoms with Crippen LogP contribution in [0.25, 0.3) is 0 Å². The van der Waals surface area contributed by atoms with Crippen molar-refractivity contribution in [2.24, 2.45) is 11.1 Å². The molecule has 2 aromatic carbocycles. The Kier molecular flexibility index (Phi) is 7.37. The van der Waals surface area contributed by atoms with Crippen LogP contribution in [0.5, 0.6) is 0 Å². The largest absolute Gasteiger partial charge is 0.397 e. The number of hydrogen-bond acceptors (Lipinski definition) is 9. The summed E-state index contributed by atoms with van der Waals surface area (Å²) in [5, 5.41) is 6.77. The maximum absolute atomic E-state index is 11.7. The van der Waals surface area contributed by atoms with E-state index in [9.17, 15) is 4.79 Å². The van der Waals surface area contributed by atoms with E-state index < -0.39 is 5.91 Å². The number of carbonyl (C=O) groups excluding carboxylic acids is 1. The second-order valence-electron chi connectivity index (χ2n) is 10.9. The maximum atomic E-state index is 11.7. The number of anilines is 6. The third kappa shape index (κ3) is 6.58. The summed E-state index contributed by atoms with van der Waals surface area (Å²) in [6.07, 6.45) is 0.926. The Bertz CT molecular complexity index is 1270. The molecule has 0 spiro atoms. The number of nitrogens with two attached hydrogens (primary N) is 2. The highest BCUT2D eigenvalue weighted by atomic mass is 16.1. The van der Waals surface area contributed by atoms with E-state index in [1.807, 2.05) is 49.2 Å². The van der Waals surface area contributed by atoms with Crippen LogP contribution in [0.3, 0.4) is 0 Å². The predicted molar refractivity (Wildman–Crippen MR) is 151 cm³/mol. The molecule has 1 aliphatic rings. The molecule has 0 radical (unpaired) electrons. The van der Waals surface area contributed by atoms with Gasteiger partial charge in [-0.1, -0.05) is 39.0 Å². The van der Waals surface area contributed by atoms with E-state index >= 15 is 0 Å². The van der Waals surface area contributed by atoms with Gasteiger partial charge in [-0.2, -0.15) is 15.0 Å². The molecule has 1 aliphatic heterocycles. The minimum atomic E-state index is -0.489. The van der Waals surface area contributed by atoms with Gasteiger partial charge in [0.25, 0.3) is 0 Å². The fraction of sp³-hybridized carbons (Fsp3) is 0.407. The van der Waals surface area contributed by atoms with Crippen LogP contribution in [0, 0.1) is 12.3 Å². The van der Waals surface area contributed by atoms with Crippen LogP contribution in [-0.2, 0) is 0 Å². The van der Waals surface area contributed by atoms with Crippen molar-refractivity contribution in [2.45, 2.75) is 40.2 Å². The lowest BCUT2D eigenvalue weighted by Gasteiger charge is -2.27. The second kappa shape index (κ2) is 10.5. The van der Waals surface area contributed by atoms with E-state index in [-0.39, 0.29) is 11.5 Å². The first-order valence-corrected chi connectivity index (χ1v) is 12.5. The molecule has 3 aromatic rings. The number of aromatic nitrogens is 3. The van der Waals surface area contributed by atoms with Crippen molar-refractivity contribution in [1.82, 2.24) is 15.0 Å². The monoisotopic (exact) mass is 503 g/mol. The minimum Gasteiger partial charge on any atom is -0.397 e. The number of aryl methyl sites for hydroxylation is 1. The summed E-state index contributed by atoms with van der Waals surface area (Å²) in [6.45, 7) is 10.9. The summed E-state index contributed by atoms with van der Waals surface area (Å²) in [4.78, 5) is 30.1. The summed E-state index contributed by atoms with van der Waals surface area (Å²) >= 11 is 0. The standard InChI is InChI=1S/C27H37N9O/c1-17-10-11-18(23(29)37)14-21(17)31-25-32-24(33-26(34-25)35(5)16-27(2,3)4)30-19-12-13-36(15-19)22-9-7-6-8-20(22)28/h6-11,14,19H,12-13,15-16,28H2,1-5H3,(H2,29,37)(H2,30,31,32,33,34)/t19-/m0/s1. The van der Waals surface area contributed by atoms with Crippen LogP contribution >= 0.6 is 0 Å². The molecule has 10 nitrogen and oxygen atoms in total. The first kappa shape index (κ1) is 26.0. The summed E-state index contributed by atoms with van der Waals surface area (Å²) in [6, 6.07) is 13.3. The molecule has 0 unspecified atom stereocenters. The van der Waals surface area contributed by atoms with Crippen molar-refractivity contribution >= 4 is 40.8 Å². The summed E-state index contributed by atoms with van der Waals surface area (Å²) in [5.41, 5.74) is 15.6. The molecule has 196 valence electrons. The van der Waals surface area contributed by atoms with E-state index in [2.05, 4.69) is 46.3 Å². The summed E-state index contributed by atoms with van der Waals surface area (Å²) < 4.78 is 0. The molecule has 37 heavy (non-hydrogen) atoms. The average Bonchev–Trinajstić information content (AvgIpc) is 3.27. The Hall–Kier alpha value is -4.08. The van der Waals surface area contributed by atoms with Gasteiger partial charge in [-0.25, -0.2) is 0 Å². The molecule has 4 rings (SSSR count). The first-order valence-electron chi connectivity index (χ1n) is 12.5. The Morgan fingerprint density at radius 2 is 1.86 bits per heavy atom. The van der Waals surface area contributed by atoms with Gasteiger partial charge in [-0.05, 0) is 48.6 Å². The van der Waals surface area contributed by atoms with Crippen LogP contribution < -0.4 is 31.9 Å². The van der Waals surface area contributed by atoms with Gasteiger partial charge in [-0.15, -0.1) is 0 Å². The van der Waals surface area contributed by atoms with Crippen LogP contribution in [0.1, 0.15) is 43.1 Å². The molecule has 1 saturated heterocycles. The highest BCUT2D eigenvalue weighted by molar-refractivity contribution is 5.94. The van der Waals surface area contributed by atoms with Crippen LogP contribution in [0.2, 0.25) is 0 Å². The number of benzene rings is 2. The molecule has 1 amide bonds. The summed E-state index contributed by atoms with van der Waals surface area (Å²) in [5.74, 6) is 0.947. The average molecular weight is 504 g/mol. The fourth-order valence-electron chi connectivity index (χ4n) is 4.52. The number of carbonyl (C=O) groups is 1. The zero-order valence-corrected chi connectivity index (χ0v) is 22.2. The Balaban J connectivity index is 1.60. The highest BCUT2D eigenvalue weighted by Crippen LogP contribution is 2.28. The number of primary amides is 1. The van der Waals surface area contributed by atoms with Crippen molar-refractivity contribution in [1.29, 1.82) is 0 Å². The molecule has 1 aromatic heterocycles. The van der Waals surface area contributed by atoms with E-state index in [4.69, 9.17) is 16.5 Å². The van der Waals surface area contributed by atoms with Crippen molar-refractivity contribution in [2.75, 3.05) is 52.8 Å². The fourth-order valence-corrected chi connectivity index (χ4v) is 4.52. The lowest BCUT2D eigenvalue weighted by molar-refractivity contribution is 0.100. The minimum absolute atomic E-state index is 0.0521. The summed E-state index contributed by atoms with van der Waals surface area (Å²) in [7, 11) is 1.97. The van der Waals surface area contributed by atoms with E-state index in [1.54, 1.807) is 12.1 Å². The lowest BCUT2D eigenvalue weighted by atomic mass is 9.96. The van der Waals surface area contributed by atoms with Crippen molar-refractivity contribution < 1.29 is 4.79 Å². The number of nitrogen functional groups attached to an aromatic ring is 1.